The van der Waals surface area contributed by atoms with Crippen LogP contribution in [0, 0.1) is 18.3 Å². The lowest BCUT2D eigenvalue weighted by Gasteiger charge is -2.05. The van der Waals surface area contributed by atoms with Gasteiger partial charge in [0.15, 0.2) is 0 Å². The fourth-order valence-electron chi connectivity index (χ4n) is 1.71. The molecule has 0 amide bonds. The fourth-order valence-corrected chi connectivity index (χ4v) is 2.42. The highest BCUT2D eigenvalue weighted by molar-refractivity contribution is 9.10. The largest absolute Gasteiger partial charge is 0.497 e. The molecule has 92 valence electrons. The lowest BCUT2D eigenvalue weighted by Crippen LogP contribution is -1.97. The van der Waals surface area contributed by atoms with Crippen LogP contribution in [0.3, 0.4) is 0 Å². The van der Waals surface area contributed by atoms with E-state index >= 15 is 0 Å². The molecule has 1 aromatic carbocycles. The van der Waals surface area contributed by atoms with E-state index in [1.54, 1.807) is 11.8 Å². The van der Waals surface area contributed by atoms with Crippen LogP contribution in [0.4, 0.5) is 0 Å². The molecule has 2 aromatic rings. The van der Waals surface area contributed by atoms with Crippen LogP contribution in [0.1, 0.15) is 11.3 Å². The van der Waals surface area contributed by atoms with Gasteiger partial charge in [-0.05, 0) is 47.1 Å². The molecule has 0 saturated carbocycles. The summed E-state index contributed by atoms with van der Waals surface area (Å²) in [6.07, 6.45) is 0.350. The van der Waals surface area contributed by atoms with Crippen molar-refractivity contribution in [3.05, 3.63) is 40.1 Å². The van der Waals surface area contributed by atoms with E-state index in [4.69, 9.17) is 10.00 Å². The van der Waals surface area contributed by atoms with Crippen molar-refractivity contribution in [3.8, 4) is 17.5 Å². The molecule has 0 atom stereocenters. The number of benzene rings is 1. The van der Waals surface area contributed by atoms with E-state index < -0.39 is 0 Å². The summed E-state index contributed by atoms with van der Waals surface area (Å²) >= 11 is 3.49. The van der Waals surface area contributed by atoms with Gasteiger partial charge < -0.3 is 4.74 Å². The van der Waals surface area contributed by atoms with Crippen LogP contribution in [0.15, 0.2) is 28.9 Å². The Morgan fingerprint density at radius 2 is 2.06 bits per heavy atom. The topological polar surface area (TPSA) is 50.8 Å². The Kier molecular flexibility index (Phi) is 3.68. The molecule has 1 heterocycles. The molecule has 0 aliphatic heterocycles. The second kappa shape index (κ2) is 5.23. The standard InChI is InChI=1S/C13H12BrN3O/c1-9-12(7-8-15)13(14)17(16-9)10-3-5-11(18-2)6-4-10/h3-6H,7H2,1-2H3. The number of halogens is 1. The molecule has 0 bridgehead atoms. The van der Waals surface area contributed by atoms with Gasteiger partial charge in [0, 0.05) is 5.56 Å². The molecule has 0 radical (unpaired) electrons. The van der Waals surface area contributed by atoms with Gasteiger partial charge in [0.1, 0.15) is 10.4 Å². The average Bonchev–Trinajstić information content (AvgIpc) is 2.67. The van der Waals surface area contributed by atoms with Gasteiger partial charge in [-0.3, -0.25) is 0 Å². The third-order valence-corrected chi connectivity index (χ3v) is 3.51. The number of rotatable bonds is 3. The average molecular weight is 306 g/mol. The number of aryl methyl sites for hydroxylation is 1. The molecule has 0 spiro atoms. The number of hydrogen-bond donors (Lipinski definition) is 0. The predicted molar refractivity (Wildman–Crippen MR) is 71.9 cm³/mol. The third-order valence-electron chi connectivity index (χ3n) is 2.69. The summed E-state index contributed by atoms with van der Waals surface area (Å²) in [5.41, 5.74) is 2.71. The Labute approximate surface area is 114 Å². The molecule has 2 rings (SSSR count). The summed E-state index contributed by atoms with van der Waals surface area (Å²) in [5, 5.41) is 13.2. The maximum atomic E-state index is 8.79. The minimum atomic E-state index is 0.350. The summed E-state index contributed by atoms with van der Waals surface area (Å²) in [4.78, 5) is 0. The summed E-state index contributed by atoms with van der Waals surface area (Å²) in [6, 6.07) is 9.75. The number of nitriles is 1. The Morgan fingerprint density at radius 1 is 1.39 bits per heavy atom. The second-order valence-electron chi connectivity index (χ2n) is 3.80. The molecule has 0 N–H and O–H groups in total. The summed E-state index contributed by atoms with van der Waals surface area (Å²) in [6.45, 7) is 1.90. The second-order valence-corrected chi connectivity index (χ2v) is 4.55. The van der Waals surface area contributed by atoms with Crippen LogP contribution in [0.2, 0.25) is 0 Å². The van der Waals surface area contributed by atoms with Gasteiger partial charge in [0.05, 0.1) is 31.0 Å². The first kappa shape index (κ1) is 12.7. The van der Waals surface area contributed by atoms with Gasteiger partial charge in [0.2, 0.25) is 0 Å². The Balaban J connectivity index is 2.44. The van der Waals surface area contributed by atoms with Crippen LogP contribution in [0.25, 0.3) is 5.69 Å². The zero-order valence-electron chi connectivity index (χ0n) is 10.1. The van der Waals surface area contributed by atoms with Gasteiger partial charge in [-0.25, -0.2) is 4.68 Å². The number of hydrogen-bond acceptors (Lipinski definition) is 3. The number of ether oxygens (including phenoxy) is 1. The van der Waals surface area contributed by atoms with Gasteiger partial charge in [-0.15, -0.1) is 0 Å². The van der Waals surface area contributed by atoms with Crippen molar-refractivity contribution in [2.75, 3.05) is 7.11 Å². The van der Waals surface area contributed by atoms with Crippen molar-refractivity contribution in [1.82, 2.24) is 9.78 Å². The van der Waals surface area contributed by atoms with Crippen molar-refractivity contribution < 1.29 is 4.74 Å². The van der Waals surface area contributed by atoms with Crippen LogP contribution < -0.4 is 4.74 Å². The van der Waals surface area contributed by atoms with Crippen molar-refractivity contribution in [1.29, 1.82) is 5.26 Å². The number of methoxy groups -OCH3 is 1. The highest BCUT2D eigenvalue weighted by Crippen LogP contribution is 2.25. The first-order valence-electron chi connectivity index (χ1n) is 5.42. The molecule has 0 unspecified atom stereocenters. The molecule has 18 heavy (non-hydrogen) atoms. The van der Waals surface area contributed by atoms with Crippen LogP contribution in [-0.4, -0.2) is 16.9 Å². The number of nitrogens with zero attached hydrogens (tertiary/aromatic N) is 3. The van der Waals surface area contributed by atoms with Crippen molar-refractivity contribution in [3.63, 3.8) is 0 Å². The molecular weight excluding hydrogens is 294 g/mol. The minimum Gasteiger partial charge on any atom is -0.497 e. The Morgan fingerprint density at radius 3 is 2.61 bits per heavy atom. The van der Waals surface area contributed by atoms with E-state index in [1.165, 1.54) is 0 Å². The first-order valence-corrected chi connectivity index (χ1v) is 6.22. The van der Waals surface area contributed by atoms with Crippen LogP contribution >= 0.6 is 15.9 Å². The number of aromatic nitrogens is 2. The summed E-state index contributed by atoms with van der Waals surface area (Å²) < 4.78 is 7.72. The van der Waals surface area contributed by atoms with Crippen molar-refractivity contribution >= 4 is 15.9 Å². The zero-order valence-corrected chi connectivity index (χ0v) is 11.7. The van der Waals surface area contributed by atoms with E-state index in [0.717, 1.165) is 27.3 Å². The highest BCUT2D eigenvalue weighted by Gasteiger charge is 2.13. The van der Waals surface area contributed by atoms with Gasteiger partial charge in [0.25, 0.3) is 0 Å². The lowest BCUT2D eigenvalue weighted by molar-refractivity contribution is 0.414. The third kappa shape index (κ3) is 2.24. The minimum absolute atomic E-state index is 0.350. The SMILES string of the molecule is COc1ccc(-n2nc(C)c(CC#N)c2Br)cc1. The molecule has 0 saturated heterocycles. The van der Waals surface area contributed by atoms with E-state index in [0.29, 0.717) is 6.42 Å². The van der Waals surface area contributed by atoms with Gasteiger partial charge in [-0.1, -0.05) is 0 Å². The van der Waals surface area contributed by atoms with Crippen LogP contribution in [0.5, 0.6) is 5.75 Å². The molecule has 5 heteroatoms. The summed E-state index contributed by atoms with van der Waals surface area (Å²) in [5.74, 6) is 0.802. The van der Waals surface area contributed by atoms with Crippen molar-refractivity contribution in [2.24, 2.45) is 0 Å². The quantitative estimate of drug-likeness (QED) is 0.876. The monoisotopic (exact) mass is 305 g/mol. The summed E-state index contributed by atoms with van der Waals surface area (Å²) in [7, 11) is 1.63. The van der Waals surface area contributed by atoms with Gasteiger partial charge >= 0.3 is 0 Å². The smallest absolute Gasteiger partial charge is 0.119 e. The van der Waals surface area contributed by atoms with E-state index in [2.05, 4.69) is 27.1 Å². The van der Waals surface area contributed by atoms with Crippen molar-refractivity contribution in [2.45, 2.75) is 13.3 Å². The predicted octanol–water partition coefficient (Wildman–Crippen LogP) is 3.02. The van der Waals surface area contributed by atoms with Crippen LogP contribution in [-0.2, 0) is 6.42 Å². The molecule has 4 nitrogen and oxygen atoms in total. The molecule has 1 aromatic heterocycles. The van der Waals surface area contributed by atoms with E-state index in [9.17, 15) is 0 Å². The Hall–Kier alpha value is -1.80. The normalized spacial score (nSPS) is 10.1. The van der Waals surface area contributed by atoms with E-state index in [1.807, 2.05) is 31.2 Å². The molecule has 0 aliphatic rings. The molecule has 0 fully saturated rings. The fraction of sp³-hybridized carbons (Fsp3) is 0.231. The molecule has 0 aliphatic carbocycles. The maximum absolute atomic E-state index is 8.79. The highest BCUT2D eigenvalue weighted by atomic mass is 79.9. The lowest BCUT2D eigenvalue weighted by atomic mass is 10.2. The first-order chi connectivity index (χ1) is 8.67. The molecular formula is C13H12BrN3O. The Bertz CT molecular complexity index is 596. The van der Waals surface area contributed by atoms with Gasteiger partial charge in [-0.2, -0.15) is 10.4 Å². The van der Waals surface area contributed by atoms with E-state index in [-0.39, 0.29) is 0 Å². The maximum Gasteiger partial charge on any atom is 0.119 e. The zero-order chi connectivity index (χ0) is 13.1.